The van der Waals surface area contributed by atoms with Crippen molar-refractivity contribution in [3.8, 4) is 5.75 Å². The van der Waals surface area contributed by atoms with Gasteiger partial charge in [0, 0.05) is 17.7 Å². The van der Waals surface area contributed by atoms with Crippen LogP contribution in [0.4, 0.5) is 0 Å². The van der Waals surface area contributed by atoms with Gasteiger partial charge in [-0.3, -0.25) is 14.5 Å². The number of aliphatic imine (C=N–C) groups is 1. The summed E-state index contributed by atoms with van der Waals surface area (Å²) in [6.07, 6.45) is 2.06. The van der Waals surface area contributed by atoms with Gasteiger partial charge in [0.05, 0.1) is 18.0 Å². The van der Waals surface area contributed by atoms with Gasteiger partial charge in [-0.1, -0.05) is 25.5 Å². The average Bonchev–Trinajstić information content (AvgIpc) is 2.96. The summed E-state index contributed by atoms with van der Waals surface area (Å²) in [5, 5.41) is 2.78. The number of unbranched alkanes of at least 4 members (excludes halogenated alkanes) is 1. The van der Waals surface area contributed by atoms with Crippen LogP contribution in [0.3, 0.4) is 0 Å². The minimum absolute atomic E-state index is 0.215. The van der Waals surface area contributed by atoms with Crippen LogP contribution in [0.1, 0.15) is 35.7 Å². The molecule has 0 atom stereocenters. The first-order valence-corrected chi connectivity index (χ1v) is 10.7. The quantitative estimate of drug-likeness (QED) is 0.664. The zero-order chi connectivity index (χ0) is 20.0. The maximum atomic E-state index is 12.2. The van der Waals surface area contributed by atoms with E-state index in [-0.39, 0.29) is 17.3 Å². The van der Waals surface area contributed by atoms with Crippen LogP contribution >= 0.6 is 0 Å². The Hall–Kier alpha value is -2.87. The van der Waals surface area contributed by atoms with Crippen LogP contribution in [-0.2, 0) is 10.0 Å². The van der Waals surface area contributed by atoms with E-state index in [0.717, 1.165) is 18.6 Å². The molecule has 0 fully saturated rings. The van der Waals surface area contributed by atoms with Crippen molar-refractivity contribution in [1.29, 1.82) is 0 Å². The van der Waals surface area contributed by atoms with Gasteiger partial charge in [0.15, 0.2) is 0 Å². The van der Waals surface area contributed by atoms with E-state index in [9.17, 15) is 13.2 Å². The third-order valence-electron chi connectivity index (χ3n) is 4.21. The molecular formula is C20H23N3O4S. The lowest BCUT2D eigenvalue weighted by molar-refractivity contribution is 0.0954. The standard InChI is InChI=1S/C20H23N3O4S/c1-2-3-14-27-16-10-8-15(9-11-16)20(24)22-13-12-21-19-17-6-4-5-7-18(17)28(25,26)23-19/h4-11H,2-3,12-14H2,1H3,(H,21,23)(H,22,24). The molecule has 1 aliphatic rings. The molecule has 8 heteroatoms. The first kappa shape index (κ1) is 19.9. The number of hydrogen-bond donors (Lipinski definition) is 2. The third kappa shape index (κ3) is 4.69. The van der Waals surface area contributed by atoms with Crippen LogP contribution in [0.25, 0.3) is 0 Å². The van der Waals surface area contributed by atoms with Gasteiger partial charge in [0.25, 0.3) is 15.9 Å². The number of nitrogens with zero attached hydrogens (tertiary/aromatic N) is 1. The van der Waals surface area contributed by atoms with Crippen molar-refractivity contribution < 1.29 is 17.9 Å². The summed E-state index contributed by atoms with van der Waals surface area (Å²) in [4.78, 5) is 16.7. The third-order valence-corrected chi connectivity index (χ3v) is 5.61. The van der Waals surface area contributed by atoms with Crippen LogP contribution in [0.5, 0.6) is 5.75 Å². The highest BCUT2D eigenvalue weighted by Gasteiger charge is 2.29. The number of hydrogen-bond acceptors (Lipinski definition) is 5. The Balaban J connectivity index is 1.52. The van der Waals surface area contributed by atoms with E-state index in [4.69, 9.17) is 4.74 Å². The Kier molecular flexibility index (Phi) is 6.30. The van der Waals surface area contributed by atoms with E-state index >= 15 is 0 Å². The van der Waals surface area contributed by atoms with E-state index in [1.54, 1.807) is 42.5 Å². The molecule has 0 radical (unpaired) electrons. The van der Waals surface area contributed by atoms with Crippen LogP contribution in [0.15, 0.2) is 58.4 Å². The van der Waals surface area contributed by atoms with Crippen molar-refractivity contribution in [2.75, 3.05) is 19.7 Å². The Morgan fingerprint density at radius 2 is 1.89 bits per heavy atom. The molecule has 0 spiro atoms. The molecule has 28 heavy (non-hydrogen) atoms. The lowest BCUT2D eigenvalue weighted by Gasteiger charge is -2.07. The first-order valence-electron chi connectivity index (χ1n) is 9.19. The van der Waals surface area contributed by atoms with Gasteiger partial charge in [-0.2, -0.15) is 0 Å². The molecule has 0 unspecified atom stereocenters. The molecule has 0 bridgehead atoms. The SMILES string of the molecule is CCCCOc1ccc(C(=O)NCCN=C2NS(=O)(=O)c3ccccc32)cc1. The molecule has 0 saturated heterocycles. The van der Waals surface area contributed by atoms with E-state index in [1.165, 1.54) is 6.07 Å². The predicted molar refractivity (Wildman–Crippen MR) is 107 cm³/mol. The van der Waals surface area contributed by atoms with Gasteiger partial charge in [0.1, 0.15) is 11.6 Å². The lowest BCUT2D eigenvalue weighted by atomic mass is 10.2. The van der Waals surface area contributed by atoms with Crippen LogP contribution in [0, 0.1) is 0 Å². The molecule has 1 aliphatic heterocycles. The van der Waals surface area contributed by atoms with Gasteiger partial charge in [-0.15, -0.1) is 0 Å². The number of carbonyl (C=O) groups is 1. The van der Waals surface area contributed by atoms with Gasteiger partial charge < -0.3 is 10.1 Å². The van der Waals surface area contributed by atoms with Crippen LogP contribution in [-0.4, -0.2) is 39.9 Å². The first-order chi connectivity index (χ1) is 13.5. The number of ether oxygens (including phenoxy) is 1. The molecule has 7 nitrogen and oxygen atoms in total. The van der Waals surface area contributed by atoms with Gasteiger partial charge in [-0.25, -0.2) is 8.42 Å². The topological polar surface area (TPSA) is 96.9 Å². The maximum absolute atomic E-state index is 12.2. The minimum atomic E-state index is -3.54. The number of rotatable bonds is 8. The molecule has 0 aromatic heterocycles. The normalized spacial score (nSPS) is 15.7. The summed E-state index contributed by atoms with van der Waals surface area (Å²) < 4.78 is 32.1. The summed E-state index contributed by atoms with van der Waals surface area (Å²) >= 11 is 0. The molecule has 1 heterocycles. The second-order valence-electron chi connectivity index (χ2n) is 6.31. The number of sulfonamides is 1. The van der Waals surface area contributed by atoms with Gasteiger partial charge in [-0.05, 0) is 42.8 Å². The van der Waals surface area contributed by atoms with Crippen LogP contribution < -0.4 is 14.8 Å². The van der Waals surface area contributed by atoms with Crippen molar-refractivity contribution in [3.05, 3.63) is 59.7 Å². The Morgan fingerprint density at radius 3 is 2.64 bits per heavy atom. The van der Waals surface area contributed by atoms with E-state index < -0.39 is 10.0 Å². The van der Waals surface area contributed by atoms with E-state index in [0.29, 0.717) is 30.1 Å². The van der Waals surface area contributed by atoms with E-state index in [1.807, 2.05) is 0 Å². The van der Waals surface area contributed by atoms with Gasteiger partial charge >= 0.3 is 0 Å². The summed E-state index contributed by atoms with van der Waals surface area (Å²) in [5.41, 5.74) is 1.08. The van der Waals surface area contributed by atoms with Crippen molar-refractivity contribution >= 4 is 21.8 Å². The smallest absolute Gasteiger partial charge is 0.263 e. The largest absolute Gasteiger partial charge is 0.494 e. The fourth-order valence-corrected chi connectivity index (χ4v) is 3.98. The molecule has 2 aromatic carbocycles. The number of fused-ring (bicyclic) bond motifs is 1. The number of amides is 1. The second kappa shape index (κ2) is 8.88. The zero-order valence-corrected chi connectivity index (χ0v) is 16.5. The summed E-state index contributed by atoms with van der Waals surface area (Å²) in [6.45, 7) is 3.31. The highest BCUT2D eigenvalue weighted by molar-refractivity contribution is 7.90. The maximum Gasteiger partial charge on any atom is 0.263 e. The summed E-state index contributed by atoms with van der Waals surface area (Å²) in [7, 11) is -3.54. The van der Waals surface area contributed by atoms with Crippen molar-refractivity contribution in [2.45, 2.75) is 24.7 Å². The second-order valence-corrected chi connectivity index (χ2v) is 7.97. The molecule has 2 aromatic rings. The Bertz CT molecular complexity index is 969. The number of carbonyl (C=O) groups excluding carboxylic acids is 1. The number of amidine groups is 1. The fourth-order valence-electron chi connectivity index (χ4n) is 2.73. The van der Waals surface area contributed by atoms with Gasteiger partial charge in [0.2, 0.25) is 0 Å². The predicted octanol–water partition coefficient (Wildman–Crippen LogP) is 2.33. The Morgan fingerprint density at radius 1 is 1.14 bits per heavy atom. The molecule has 2 N–H and O–H groups in total. The molecule has 148 valence electrons. The fraction of sp³-hybridized carbons (Fsp3) is 0.300. The average molecular weight is 401 g/mol. The summed E-state index contributed by atoms with van der Waals surface area (Å²) in [6, 6.07) is 13.6. The number of nitrogens with one attached hydrogen (secondary N) is 2. The van der Waals surface area contributed by atoms with Crippen molar-refractivity contribution in [1.82, 2.24) is 10.0 Å². The Labute approximate surface area is 164 Å². The molecule has 0 aliphatic carbocycles. The lowest BCUT2D eigenvalue weighted by Crippen LogP contribution is -2.27. The monoisotopic (exact) mass is 401 g/mol. The molecule has 1 amide bonds. The zero-order valence-electron chi connectivity index (χ0n) is 15.6. The van der Waals surface area contributed by atoms with Crippen molar-refractivity contribution in [2.24, 2.45) is 4.99 Å². The highest BCUT2D eigenvalue weighted by Crippen LogP contribution is 2.22. The number of benzene rings is 2. The summed E-state index contributed by atoms with van der Waals surface area (Å²) in [5.74, 6) is 0.828. The van der Waals surface area contributed by atoms with Crippen LogP contribution in [0.2, 0.25) is 0 Å². The van der Waals surface area contributed by atoms with E-state index in [2.05, 4.69) is 22.0 Å². The molecular weight excluding hydrogens is 378 g/mol. The highest BCUT2D eigenvalue weighted by atomic mass is 32.2. The van der Waals surface area contributed by atoms with Crippen molar-refractivity contribution in [3.63, 3.8) is 0 Å². The molecule has 3 rings (SSSR count). The minimum Gasteiger partial charge on any atom is -0.494 e. The molecule has 0 saturated carbocycles.